The summed E-state index contributed by atoms with van der Waals surface area (Å²) in [4.78, 5) is 20.4. The number of carbonyl (C=O) groups is 2. The highest BCUT2D eigenvalue weighted by Crippen LogP contribution is 2.11. The van der Waals surface area contributed by atoms with Gasteiger partial charge in [-0.3, -0.25) is 4.79 Å². The fourth-order valence-electron chi connectivity index (χ4n) is 2.10. The molecule has 130 valence electrons. The number of hydrazine groups is 3. The van der Waals surface area contributed by atoms with E-state index in [-0.39, 0.29) is 0 Å². The molecule has 0 aliphatic rings. The van der Waals surface area contributed by atoms with Crippen molar-refractivity contribution in [3.05, 3.63) is 0 Å². The molecule has 0 rings (SSSR count). The Labute approximate surface area is 132 Å². The van der Waals surface area contributed by atoms with Gasteiger partial charge in [0.05, 0.1) is 0 Å². The fraction of sp³-hybridized carbons (Fsp3) is 0.857. The smallest absolute Gasteiger partial charge is 0.420 e. The van der Waals surface area contributed by atoms with Crippen molar-refractivity contribution >= 4 is 12.1 Å². The van der Waals surface area contributed by atoms with Gasteiger partial charge in [0.15, 0.2) is 0 Å². The van der Waals surface area contributed by atoms with Gasteiger partial charge < -0.3 is 10.2 Å². The van der Waals surface area contributed by atoms with E-state index in [1.807, 2.05) is 5.43 Å². The summed E-state index contributed by atoms with van der Waals surface area (Å²) in [6.45, 7) is 0.776. The second-order valence-electron chi connectivity index (χ2n) is 5.29. The van der Waals surface area contributed by atoms with E-state index >= 15 is 0 Å². The van der Waals surface area contributed by atoms with Crippen LogP contribution >= 0.6 is 0 Å². The minimum atomic E-state index is -1.14. The van der Waals surface area contributed by atoms with Gasteiger partial charge in [0, 0.05) is 13.0 Å². The van der Waals surface area contributed by atoms with Crippen LogP contribution in [0, 0.1) is 0 Å². The molecule has 6 N–H and O–H groups in total. The maximum atomic E-state index is 10.3. The Hall–Kier alpha value is -1.38. The Morgan fingerprint density at radius 1 is 0.682 bits per heavy atom. The summed E-state index contributed by atoms with van der Waals surface area (Å²) in [6.07, 6.45) is 10.4. The van der Waals surface area contributed by atoms with Crippen LogP contribution in [0.4, 0.5) is 4.79 Å². The topological polar surface area (TPSA) is 123 Å². The van der Waals surface area contributed by atoms with E-state index in [1.54, 1.807) is 0 Å². The molecule has 0 heterocycles. The quantitative estimate of drug-likeness (QED) is 0.190. The van der Waals surface area contributed by atoms with Gasteiger partial charge in [0.1, 0.15) is 0 Å². The van der Waals surface area contributed by atoms with Crippen molar-refractivity contribution in [1.82, 2.24) is 21.9 Å². The maximum absolute atomic E-state index is 10.3. The lowest BCUT2D eigenvalue weighted by molar-refractivity contribution is -0.137. The molecule has 1 amide bonds. The minimum Gasteiger partial charge on any atom is -0.481 e. The van der Waals surface area contributed by atoms with Crippen molar-refractivity contribution in [3.8, 4) is 0 Å². The molecule has 0 saturated heterocycles. The van der Waals surface area contributed by atoms with Gasteiger partial charge in [-0.15, -0.1) is 0 Å². The summed E-state index contributed by atoms with van der Waals surface area (Å²) in [5.41, 5.74) is 9.63. The van der Waals surface area contributed by atoms with Gasteiger partial charge in [-0.2, -0.15) is 11.1 Å². The third-order valence-corrected chi connectivity index (χ3v) is 3.26. The molecule has 8 heteroatoms. The van der Waals surface area contributed by atoms with Gasteiger partial charge >= 0.3 is 12.1 Å². The third-order valence-electron chi connectivity index (χ3n) is 3.26. The van der Waals surface area contributed by atoms with Crippen molar-refractivity contribution in [2.75, 3.05) is 6.54 Å². The van der Waals surface area contributed by atoms with Gasteiger partial charge in [-0.25, -0.2) is 15.6 Å². The molecular weight excluding hydrogens is 288 g/mol. The number of amides is 1. The van der Waals surface area contributed by atoms with Crippen LogP contribution < -0.4 is 21.9 Å². The van der Waals surface area contributed by atoms with E-state index < -0.39 is 12.1 Å². The normalized spacial score (nSPS) is 10.5. The zero-order valence-corrected chi connectivity index (χ0v) is 13.2. The first-order chi connectivity index (χ1) is 10.6. The first-order valence-corrected chi connectivity index (χ1v) is 8.06. The van der Waals surface area contributed by atoms with Crippen LogP contribution in [0.15, 0.2) is 0 Å². The van der Waals surface area contributed by atoms with E-state index in [0.29, 0.717) is 6.42 Å². The zero-order chi connectivity index (χ0) is 16.5. The van der Waals surface area contributed by atoms with Crippen LogP contribution in [0.3, 0.4) is 0 Å². The molecular formula is C14H30N4O4. The first-order valence-electron chi connectivity index (χ1n) is 8.06. The lowest BCUT2D eigenvalue weighted by atomic mass is 10.1. The standard InChI is InChI=1S/C14H30N4O4/c19-13(20)11-9-7-5-3-1-2-4-6-8-10-12-15-17-18-16-14(21)22/h15-18H,1-12H2,(H,19,20)(H,21,22). The predicted molar refractivity (Wildman–Crippen MR) is 83.9 cm³/mol. The lowest BCUT2D eigenvalue weighted by Gasteiger charge is -2.07. The zero-order valence-electron chi connectivity index (χ0n) is 13.2. The van der Waals surface area contributed by atoms with Crippen molar-refractivity contribution < 1.29 is 19.8 Å². The molecule has 0 saturated carbocycles. The third kappa shape index (κ3) is 18.6. The van der Waals surface area contributed by atoms with Crippen molar-refractivity contribution in [1.29, 1.82) is 0 Å². The van der Waals surface area contributed by atoms with Crippen molar-refractivity contribution in [3.63, 3.8) is 0 Å². The molecule has 0 bridgehead atoms. The Bertz CT molecular complexity index is 262. The molecule has 0 atom stereocenters. The molecule has 8 nitrogen and oxygen atoms in total. The number of unbranched alkanes of at least 4 members (excludes halogenated alkanes) is 9. The number of aliphatic carboxylic acids is 1. The summed E-state index contributed by atoms with van der Waals surface area (Å²) >= 11 is 0. The second kappa shape index (κ2) is 16.0. The molecule has 0 aromatic rings. The fourth-order valence-corrected chi connectivity index (χ4v) is 2.10. The second-order valence-corrected chi connectivity index (χ2v) is 5.29. The number of carboxylic acids is 1. The van der Waals surface area contributed by atoms with E-state index in [9.17, 15) is 9.59 Å². The van der Waals surface area contributed by atoms with Crippen LogP contribution in [0.5, 0.6) is 0 Å². The van der Waals surface area contributed by atoms with E-state index in [2.05, 4.69) is 16.5 Å². The molecule has 0 aliphatic carbocycles. The average molecular weight is 318 g/mol. The van der Waals surface area contributed by atoms with Crippen LogP contribution in [0.2, 0.25) is 0 Å². The number of nitrogens with one attached hydrogen (secondary N) is 4. The average Bonchev–Trinajstić information content (AvgIpc) is 2.46. The summed E-state index contributed by atoms with van der Waals surface area (Å²) in [7, 11) is 0. The summed E-state index contributed by atoms with van der Waals surface area (Å²) in [5.74, 6) is -0.696. The van der Waals surface area contributed by atoms with Crippen molar-refractivity contribution in [2.45, 2.75) is 70.6 Å². The van der Waals surface area contributed by atoms with E-state index in [0.717, 1.165) is 38.6 Å². The molecule has 0 fully saturated rings. The highest BCUT2D eigenvalue weighted by atomic mass is 16.4. The highest BCUT2D eigenvalue weighted by Gasteiger charge is 1.97. The Morgan fingerprint density at radius 3 is 1.68 bits per heavy atom. The van der Waals surface area contributed by atoms with Gasteiger partial charge in [0.2, 0.25) is 0 Å². The van der Waals surface area contributed by atoms with Crippen LogP contribution in [0.25, 0.3) is 0 Å². The highest BCUT2D eigenvalue weighted by molar-refractivity contribution is 5.66. The minimum absolute atomic E-state index is 0.296. The molecule has 0 aromatic carbocycles. The Morgan fingerprint density at radius 2 is 1.18 bits per heavy atom. The first kappa shape index (κ1) is 20.6. The molecule has 0 unspecified atom stereocenters. The van der Waals surface area contributed by atoms with Gasteiger partial charge in [0.25, 0.3) is 0 Å². The summed E-state index contributed by atoms with van der Waals surface area (Å²) in [5, 5.41) is 16.8. The number of carboxylic acid groups (broad SMARTS) is 2. The molecule has 0 spiro atoms. The Kier molecular flexibility index (Phi) is 15.0. The number of rotatable bonds is 16. The van der Waals surface area contributed by atoms with Crippen LogP contribution in [-0.4, -0.2) is 28.8 Å². The van der Waals surface area contributed by atoms with E-state index in [1.165, 1.54) is 32.1 Å². The molecule has 0 aromatic heterocycles. The molecule has 22 heavy (non-hydrogen) atoms. The monoisotopic (exact) mass is 318 g/mol. The van der Waals surface area contributed by atoms with Crippen LogP contribution in [-0.2, 0) is 4.79 Å². The Balaban J connectivity index is 2.99. The number of hydrogen-bond donors (Lipinski definition) is 6. The predicted octanol–water partition coefficient (Wildman–Crippen LogP) is 2.14. The molecule has 0 aliphatic heterocycles. The lowest BCUT2D eigenvalue weighted by Crippen LogP contribution is -2.52. The summed E-state index contributed by atoms with van der Waals surface area (Å²) < 4.78 is 0. The SMILES string of the molecule is O=C(O)CCCCCCCCCCCCNNNNC(=O)O. The van der Waals surface area contributed by atoms with Gasteiger partial charge in [-0.1, -0.05) is 51.4 Å². The maximum Gasteiger partial charge on any atom is 0.420 e. The van der Waals surface area contributed by atoms with E-state index in [4.69, 9.17) is 10.2 Å². The van der Waals surface area contributed by atoms with Crippen molar-refractivity contribution in [2.24, 2.45) is 0 Å². The molecule has 0 radical (unpaired) electrons. The van der Waals surface area contributed by atoms with Gasteiger partial charge in [-0.05, 0) is 12.8 Å². The summed E-state index contributed by atoms with van der Waals surface area (Å²) in [6, 6.07) is 0. The van der Waals surface area contributed by atoms with Crippen LogP contribution in [0.1, 0.15) is 70.6 Å². The number of hydrogen-bond acceptors (Lipinski definition) is 5. The largest absolute Gasteiger partial charge is 0.481 e.